The molecule has 0 unspecified atom stereocenters. The van der Waals surface area contributed by atoms with E-state index in [1.165, 1.54) is 4.88 Å². The van der Waals surface area contributed by atoms with Crippen LogP contribution in [0.25, 0.3) is 21.1 Å². The van der Waals surface area contributed by atoms with Crippen molar-refractivity contribution in [1.82, 2.24) is 4.98 Å². The lowest BCUT2D eigenvalue weighted by Crippen LogP contribution is -1.83. The number of anilines is 1. The predicted octanol–water partition coefficient (Wildman–Crippen LogP) is 4.88. The summed E-state index contributed by atoms with van der Waals surface area (Å²) >= 11 is 6.83. The molecule has 0 bridgehead atoms. The molecule has 2 N–H and O–H groups in total. The van der Waals surface area contributed by atoms with Gasteiger partial charge < -0.3 is 5.73 Å². The Kier molecular flexibility index (Phi) is 3.20. The number of rotatable bonds is 2. The Labute approximate surface area is 121 Å². The lowest BCUT2D eigenvalue weighted by Gasteiger charge is -1.96. The largest absolute Gasteiger partial charge is 0.399 e. The number of thiophene rings is 1. The van der Waals surface area contributed by atoms with E-state index in [2.05, 4.69) is 32.4 Å². The van der Waals surface area contributed by atoms with Gasteiger partial charge in [0.1, 0.15) is 5.01 Å². The summed E-state index contributed by atoms with van der Waals surface area (Å²) in [5.41, 5.74) is 8.56. The molecule has 0 aliphatic rings. The van der Waals surface area contributed by atoms with Gasteiger partial charge in [0, 0.05) is 16.6 Å². The topological polar surface area (TPSA) is 38.9 Å². The van der Waals surface area contributed by atoms with Gasteiger partial charge in [-0.3, -0.25) is 0 Å². The molecule has 2 aromatic heterocycles. The van der Waals surface area contributed by atoms with Crippen molar-refractivity contribution in [2.24, 2.45) is 0 Å². The Morgan fingerprint density at radius 2 is 1.83 bits per heavy atom. The van der Waals surface area contributed by atoms with Crippen LogP contribution in [0.15, 0.2) is 45.6 Å². The highest BCUT2D eigenvalue weighted by molar-refractivity contribution is 9.11. The van der Waals surface area contributed by atoms with Gasteiger partial charge in [-0.15, -0.1) is 22.7 Å². The van der Waals surface area contributed by atoms with Crippen molar-refractivity contribution in [2.75, 3.05) is 5.73 Å². The van der Waals surface area contributed by atoms with Gasteiger partial charge in [-0.25, -0.2) is 4.98 Å². The van der Waals surface area contributed by atoms with Crippen LogP contribution in [0.1, 0.15) is 0 Å². The van der Waals surface area contributed by atoms with Gasteiger partial charge in [0.25, 0.3) is 0 Å². The zero-order valence-electron chi connectivity index (χ0n) is 9.26. The van der Waals surface area contributed by atoms with E-state index in [0.717, 1.165) is 25.7 Å². The van der Waals surface area contributed by atoms with E-state index in [-0.39, 0.29) is 0 Å². The number of aromatic nitrogens is 1. The summed E-state index contributed by atoms with van der Waals surface area (Å²) in [6.07, 6.45) is 0. The molecular weight excluding hydrogens is 328 g/mol. The maximum Gasteiger partial charge on any atom is 0.134 e. The Balaban J connectivity index is 1.96. The second-order valence-corrected chi connectivity index (χ2v) is 7.08. The van der Waals surface area contributed by atoms with E-state index in [4.69, 9.17) is 5.73 Å². The minimum atomic E-state index is 0.774. The van der Waals surface area contributed by atoms with E-state index < -0.39 is 0 Å². The molecule has 5 heteroatoms. The summed E-state index contributed by atoms with van der Waals surface area (Å²) in [4.78, 5) is 5.85. The molecule has 0 radical (unpaired) electrons. The number of nitrogens with two attached hydrogens (primary N) is 1. The molecule has 0 saturated carbocycles. The number of nitrogen functional groups attached to an aromatic ring is 1. The first-order valence-corrected chi connectivity index (χ1v) is 7.78. The van der Waals surface area contributed by atoms with Crippen molar-refractivity contribution in [2.45, 2.75) is 0 Å². The summed E-state index contributed by atoms with van der Waals surface area (Å²) in [7, 11) is 0. The summed E-state index contributed by atoms with van der Waals surface area (Å²) < 4.78 is 1.13. The van der Waals surface area contributed by atoms with Crippen molar-refractivity contribution in [1.29, 1.82) is 0 Å². The van der Waals surface area contributed by atoms with Crippen molar-refractivity contribution in [3.05, 3.63) is 45.6 Å². The van der Waals surface area contributed by atoms with E-state index in [0.29, 0.717) is 0 Å². The van der Waals surface area contributed by atoms with Crippen molar-refractivity contribution < 1.29 is 0 Å². The van der Waals surface area contributed by atoms with Gasteiger partial charge in [-0.1, -0.05) is 12.1 Å². The molecule has 18 heavy (non-hydrogen) atoms. The summed E-state index contributed by atoms with van der Waals surface area (Å²) in [5, 5.41) is 3.13. The molecule has 2 heterocycles. The van der Waals surface area contributed by atoms with E-state index in [1.807, 2.05) is 30.3 Å². The Bertz CT molecular complexity index is 670. The molecule has 3 rings (SSSR count). The number of hydrogen-bond donors (Lipinski definition) is 1. The smallest absolute Gasteiger partial charge is 0.134 e. The van der Waals surface area contributed by atoms with Gasteiger partial charge in [-0.05, 0) is 40.2 Å². The maximum absolute atomic E-state index is 5.68. The fourth-order valence-corrected chi connectivity index (χ4v) is 3.89. The standard InChI is InChI=1S/C13H9BrN2S2/c14-12-6-5-11(18-12)13-16-10(7-17-13)8-1-3-9(15)4-2-8/h1-7H,15H2. The van der Waals surface area contributed by atoms with Gasteiger partial charge in [-0.2, -0.15) is 0 Å². The van der Waals surface area contributed by atoms with E-state index in [1.54, 1.807) is 22.7 Å². The number of halogens is 1. The van der Waals surface area contributed by atoms with Crippen LogP contribution in [-0.2, 0) is 0 Å². The minimum Gasteiger partial charge on any atom is -0.399 e. The second kappa shape index (κ2) is 4.84. The summed E-state index contributed by atoms with van der Waals surface area (Å²) in [5.74, 6) is 0. The molecule has 0 saturated heterocycles. The van der Waals surface area contributed by atoms with Gasteiger partial charge in [0.2, 0.25) is 0 Å². The molecule has 1 aromatic carbocycles. The Hall–Kier alpha value is -1.17. The lowest BCUT2D eigenvalue weighted by atomic mass is 10.1. The third-order valence-corrected chi connectivity index (χ3v) is 5.13. The average Bonchev–Trinajstić information content (AvgIpc) is 2.98. The summed E-state index contributed by atoms with van der Waals surface area (Å²) in [6, 6.07) is 11.9. The number of hydrogen-bond acceptors (Lipinski definition) is 4. The molecule has 3 aromatic rings. The SMILES string of the molecule is Nc1ccc(-c2csc(-c3ccc(Br)s3)n2)cc1. The van der Waals surface area contributed by atoms with Crippen molar-refractivity contribution >= 4 is 44.3 Å². The number of benzene rings is 1. The summed E-state index contributed by atoms with van der Waals surface area (Å²) in [6.45, 7) is 0. The Morgan fingerprint density at radius 3 is 2.50 bits per heavy atom. The van der Waals surface area contributed by atoms with Crippen LogP contribution in [0.4, 0.5) is 5.69 Å². The molecule has 0 atom stereocenters. The first kappa shape index (κ1) is 11.9. The fourth-order valence-electron chi connectivity index (χ4n) is 1.60. The zero-order valence-corrected chi connectivity index (χ0v) is 12.5. The highest BCUT2D eigenvalue weighted by atomic mass is 79.9. The van der Waals surface area contributed by atoms with Crippen LogP contribution in [0.3, 0.4) is 0 Å². The number of thiazole rings is 1. The first-order chi connectivity index (χ1) is 8.72. The van der Waals surface area contributed by atoms with E-state index >= 15 is 0 Å². The second-order valence-electron chi connectivity index (χ2n) is 3.76. The van der Waals surface area contributed by atoms with Gasteiger partial charge in [0.05, 0.1) is 14.4 Å². The molecule has 0 aliphatic carbocycles. The Morgan fingerprint density at radius 1 is 1.06 bits per heavy atom. The lowest BCUT2D eigenvalue weighted by molar-refractivity contribution is 1.41. The highest BCUT2D eigenvalue weighted by Gasteiger charge is 2.08. The molecule has 0 aliphatic heterocycles. The molecule has 2 nitrogen and oxygen atoms in total. The maximum atomic E-state index is 5.68. The van der Waals surface area contributed by atoms with Crippen LogP contribution in [0.5, 0.6) is 0 Å². The van der Waals surface area contributed by atoms with Gasteiger partial charge >= 0.3 is 0 Å². The van der Waals surface area contributed by atoms with Crippen LogP contribution in [-0.4, -0.2) is 4.98 Å². The average molecular weight is 337 g/mol. The van der Waals surface area contributed by atoms with Crippen LogP contribution in [0, 0.1) is 0 Å². The molecule has 90 valence electrons. The minimum absolute atomic E-state index is 0.774. The third kappa shape index (κ3) is 2.34. The number of nitrogens with zero attached hydrogens (tertiary/aromatic N) is 1. The van der Waals surface area contributed by atoms with E-state index in [9.17, 15) is 0 Å². The van der Waals surface area contributed by atoms with Crippen molar-refractivity contribution in [3.63, 3.8) is 0 Å². The van der Waals surface area contributed by atoms with Crippen molar-refractivity contribution in [3.8, 4) is 21.1 Å². The first-order valence-electron chi connectivity index (χ1n) is 5.29. The van der Waals surface area contributed by atoms with Gasteiger partial charge in [0.15, 0.2) is 0 Å². The van der Waals surface area contributed by atoms with Crippen LogP contribution in [0.2, 0.25) is 0 Å². The quantitative estimate of drug-likeness (QED) is 0.677. The van der Waals surface area contributed by atoms with Crippen LogP contribution < -0.4 is 5.73 Å². The monoisotopic (exact) mass is 336 g/mol. The molecular formula is C13H9BrN2S2. The molecule has 0 spiro atoms. The molecule has 0 fully saturated rings. The zero-order chi connectivity index (χ0) is 12.5. The normalized spacial score (nSPS) is 10.7. The highest BCUT2D eigenvalue weighted by Crippen LogP contribution is 2.35. The van der Waals surface area contributed by atoms with Crippen LogP contribution >= 0.6 is 38.6 Å². The third-order valence-electron chi connectivity index (χ3n) is 2.49. The predicted molar refractivity (Wildman–Crippen MR) is 83.0 cm³/mol. The molecule has 0 amide bonds. The fraction of sp³-hybridized carbons (Fsp3) is 0.